The molecule has 0 saturated heterocycles. The van der Waals surface area contributed by atoms with E-state index in [2.05, 4.69) is 5.32 Å². The predicted octanol–water partition coefficient (Wildman–Crippen LogP) is 4.55. The number of thiophene rings is 1. The lowest BCUT2D eigenvalue weighted by molar-refractivity contribution is -0.113. The van der Waals surface area contributed by atoms with Gasteiger partial charge in [0.2, 0.25) is 5.91 Å². The molecule has 7 heteroatoms. The Hall–Kier alpha value is -1.50. The number of carbonyl (C=O) groups is 2. The number of hydrogen-bond donors (Lipinski definition) is 1. The molecular weight excluding hydrogens is 378 g/mol. The summed E-state index contributed by atoms with van der Waals surface area (Å²) >= 11 is 8.96. The molecule has 0 saturated carbocycles. The van der Waals surface area contributed by atoms with Gasteiger partial charge in [-0.25, -0.2) is 4.79 Å². The van der Waals surface area contributed by atoms with Crippen LogP contribution in [0.5, 0.6) is 0 Å². The van der Waals surface area contributed by atoms with E-state index in [-0.39, 0.29) is 11.9 Å². The Morgan fingerprint density at radius 1 is 1.36 bits per heavy atom. The number of fused-ring (bicyclic) bond motifs is 1. The molecule has 0 spiro atoms. The summed E-state index contributed by atoms with van der Waals surface area (Å²) in [5.74, 6) is 0.535. The lowest BCUT2D eigenvalue weighted by Crippen LogP contribution is -2.16. The zero-order valence-electron chi connectivity index (χ0n) is 13.8. The van der Waals surface area contributed by atoms with Gasteiger partial charge in [-0.2, -0.15) is 0 Å². The summed E-state index contributed by atoms with van der Waals surface area (Å²) in [6.45, 7) is 0. The van der Waals surface area contributed by atoms with E-state index in [1.807, 2.05) is 24.3 Å². The molecule has 0 unspecified atom stereocenters. The standard InChI is InChI=1S/C18H18ClNO3S2/c1-23-18(22)16-13-6-3-7-14(13)25-17(16)20-15(21)10-24-9-11-4-2-5-12(19)8-11/h2,4-5,8H,3,6-7,9-10H2,1H3,(H,20,21). The van der Waals surface area contributed by atoms with Crippen LogP contribution in [0.25, 0.3) is 0 Å². The molecule has 1 aromatic carbocycles. The minimum Gasteiger partial charge on any atom is -0.465 e. The Morgan fingerprint density at radius 3 is 2.96 bits per heavy atom. The van der Waals surface area contributed by atoms with Crippen molar-refractivity contribution in [3.05, 3.63) is 50.9 Å². The van der Waals surface area contributed by atoms with Gasteiger partial charge in [-0.1, -0.05) is 23.7 Å². The number of anilines is 1. The first-order chi connectivity index (χ1) is 12.1. The first-order valence-electron chi connectivity index (χ1n) is 7.93. The number of esters is 1. The number of ether oxygens (including phenoxy) is 1. The van der Waals surface area contributed by atoms with Gasteiger partial charge in [0, 0.05) is 15.7 Å². The Bertz CT molecular complexity index is 804. The molecule has 1 aromatic heterocycles. The molecule has 0 atom stereocenters. The smallest absolute Gasteiger partial charge is 0.341 e. The second-order valence-electron chi connectivity index (χ2n) is 5.72. The Balaban J connectivity index is 1.60. The second-order valence-corrected chi connectivity index (χ2v) is 8.25. The van der Waals surface area contributed by atoms with Crippen molar-refractivity contribution in [1.82, 2.24) is 0 Å². The van der Waals surface area contributed by atoms with Crippen LogP contribution in [0.3, 0.4) is 0 Å². The lowest BCUT2D eigenvalue weighted by Gasteiger charge is -2.07. The summed E-state index contributed by atoms with van der Waals surface area (Å²) in [6.07, 6.45) is 2.88. The molecule has 1 amide bonds. The van der Waals surface area contributed by atoms with Gasteiger partial charge in [0.1, 0.15) is 5.00 Å². The molecule has 0 fully saturated rings. The number of aryl methyl sites for hydroxylation is 1. The minimum atomic E-state index is -0.374. The zero-order chi connectivity index (χ0) is 17.8. The maximum absolute atomic E-state index is 12.3. The highest BCUT2D eigenvalue weighted by molar-refractivity contribution is 7.99. The van der Waals surface area contributed by atoms with Crippen molar-refractivity contribution in [3.63, 3.8) is 0 Å². The second kappa shape index (κ2) is 8.25. The van der Waals surface area contributed by atoms with E-state index in [0.29, 0.717) is 27.1 Å². The SMILES string of the molecule is COC(=O)c1c(NC(=O)CSCc2cccc(Cl)c2)sc2c1CCC2. The third-order valence-electron chi connectivity index (χ3n) is 3.95. The fourth-order valence-corrected chi connectivity index (χ4v) is 5.14. The summed E-state index contributed by atoms with van der Waals surface area (Å²) in [5, 5.41) is 4.19. The number of nitrogens with one attached hydrogen (secondary N) is 1. The number of halogens is 1. The van der Waals surface area contributed by atoms with Crippen LogP contribution in [0.2, 0.25) is 5.02 Å². The topological polar surface area (TPSA) is 55.4 Å². The van der Waals surface area contributed by atoms with Gasteiger partial charge in [-0.15, -0.1) is 23.1 Å². The van der Waals surface area contributed by atoms with Crippen molar-refractivity contribution in [3.8, 4) is 0 Å². The zero-order valence-corrected chi connectivity index (χ0v) is 16.2. The molecule has 1 aliphatic carbocycles. The maximum Gasteiger partial charge on any atom is 0.341 e. The van der Waals surface area contributed by atoms with Crippen LogP contribution in [0, 0.1) is 0 Å². The van der Waals surface area contributed by atoms with Crippen molar-refractivity contribution in [1.29, 1.82) is 0 Å². The molecular formula is C18H18ClNO3S2. The van der Waals surface area contributed by atoms with E-state index >= 15 is 0 Å². The van der Waals surface area contributed by atoms with E-state index in [1.165, 1.54) is 35.1 Å². The molecule has 3 rings (SSSR count). The summed E-state index contributed by atoms with van der Waals surface area (Å²) in [4.78, 5) is 25.5. The Kier molecular flexibility index (Phi) is 6.04. The largest absolute Gasteiger partial charge is 0.465 e. The summed E-state index contributed by atoms with van der Waals surface area (Å²) in [7, 11) is 1.37. The number of benzene rings is 1. The quantitative estimate of drug-likeness (QED) is 0.729. The molecule has 0 bridgehead atoms. The molecule has 1 aliphatic rings. The van der Waals surface area contributed by atoms with Crippen LogP contribution >= 0.6 is 34.7 Å². The van der Waals surface area contributed by atoms with Crippen molar-refractivity contribution < 1.29 is 14.3 Å². The Morgan fingerprint density at radius 2 is 2.20 bits per heavy atom. The average molecular weight is 396 g/mol. The Labute approximate surface area is 159 Å². The highest BCUT2D eigenvalue weighted by Gasteiger charge is 2.27. The van der Waals surface area contributed by atoms with Crippen molar-refractivity contribution >= 4 is 51.6 Å². The van der Waals surface area contributed by atoms with Gasteiger partial charge in [0.15, 0.2) is 0 Å². The van der Waals surface area contributed by atoms with Crippen LogP contribution in [-0.4, -0.2) is 24.7 Å². The summed E-state index contributed by atoms with van der Waals surface area (Å²) in [6, 6.07) is 7.60. The van der Waals surface area contributed by atoms with Crippen LogP contribution in [0.4, 0.5) is 5.00 Å². The van der Waals surface area contributed by atoms with Gasteiger partial charge >= 0.3 is 5.97 Å². The van der Waals surface area contributed by atoms with E-state index in [1.54, 1.807) is 0 Å². The lowest BCUT2D eigenvalue weighted by atomic mass is 10.1. The third-order valence-corrected chi connectivity index (χ3v) is 6.40. The van der Waals surface area contributed by atoms with E-state index in [4.69, 9.17) is 16.3 Å². The molecule has 132 valence electrons. The monoisotopic (exact) mass is 395 g/mol. The first-order valence-corrected chi connectivity index (χ1v) is 10.3. The highest BCUT2D eigenvalue weighted by Crippen LogP contribution is 2.39. The van der Waals surface area contributed by atoms with Gasteiger partial charge in [0.25, 0.3) is 0 Å². The van der Waals surface area contributed by atoms with Crippen LogP contribution < -0.4 is 5.32 Å². The number of rotatable bonds is 6. The summed E-state index contributed by atoms with van der Waals surface area (Å²) < 4.78 is 4.89. The van der Waals surface area contributed by atoms with Crippen molar-refractivity contribution in [2.75, 3.05) is 18.2 Å². The van der Waals surface area contributed by atoms with Gasteiger partial charge in [-0.3, -0.25) is 4.79 Å². The summed E-state index contributed by atoms with van der Waals surface area (Å²) in [5.41, 5.74) is 2.66. The molecule has 4 nitrogen and oxygen atoms in total. The van der Waals surface area contributed by atoms with Gasteiger partial charge in [0.05, 0.1) is 18.4 Å². The molecule has 25 heavy (non-hydrogen) atoms. The van der Waals surface area contributed by atoms with Crippen LogP contribution in [-0.2, 0) is 28.1 Å². The normalized spacial score (nSPS) is 12.7. The molecule has 0 aliphatic heterocycles. The number of thioether (sulfide) groups is 1. The van der Waals surface area contributed by atoms with Gasteiger partial charge in [-0.05, 0) is 42.5 Å². The van der Waals surface area contributed by atoms with Crippen LogP contribution in [0.1, 0.15) is 32.8 Å². The number of amides is 1. The van der Waals surface area contributed by atoms with Gasteiger partial charge < -0.3 is 10.1 Å². The molecule has 0 radical (unpaired) electrons. The van der Waals surface area contributed by atoms with Crippen molar-refractivity contribution in [2.45, 2.75) is 25.0 Å². The van der Waals surface area contributed by atoms with Crippen molar-refractivity contribution in [2.24, 2.45) is 0 Å². The molecule has 1 N–H and O–H groups in total. The van der Waals surface area contributed by atoms with E-state index < -0.39 is 0 Å². The fraction of sp³-hybridized carbons (Fsp3) is 0.333. The number of hydrogen-bond acceptors (Lipinski definition) is 5. The van der Waals surface area contributed by atoms with Crippen LogP contribution in [0.15, 0.2) is 24.3 Å². The highest BCUT2D eigenvalue weighted by atomic mass is 35.5. The first kappa shape index (κ1) is 18.3. The minimum absolute atomic E-state index is 0.114. The predicted molar refractivity (Wildman–Crippen MR) is 104 cm³/mol. The van der Waals surface area contributed by atoms with E-state index in [9.17, 15) is 9.59 Å². The molecule has 2 aromatic rings. The molecule has 1 heterocycles. The third kappa shape index (κ3) is 4.37. The average Bonchev–Trinajstić information content (AvgIpc) is 3.15. The fourth-order valence-electron chi connectivity index (χ4n) is 2.86. The number of methoxy groups -OCH3 is 1. The van der Waals surface area contributed by atoms with E-state index in [0.717, 1.165) is 30.4 Å². The number of carbonyl (C=O) groups excluding carboxylic acids is 2. The maximum atomic E-state index is 12.3.